The molecule has 0 N–H and O–H groups in total. The summed E-state index contributed by atoms with van der Waals surface area (Å²) in [6.07, 6.45) is 1.80. The minimum absolute atomic E-state index is 0.0987. The average molecular weight is 482 g/mol. The number of thiocarbonyl (C=S) groups is 1. The number of ether oxygens (including phenoxy) is 2. The fourth-order valence-corrected chi connectivity index (χ4v) is 4.60. The van der Waals surface area contributed by atoms with Gasteiger partial charge >= 0.3 is 0 Å². The molecule has 32 heavy (non-hydrogen) atoms. The highest BCUT2D eigenvalue weighted by Gasteiger charge is 2.31. The van der Waals surface area contributed by atoms with E-state index < -0.39 is 0 Å². The smallest absolute Gasteiger partial charge is 0.266 e. The normalized spacial score (nSPS) is 14.8. The third-order valence-electron chi connectivity index (χ3n) is 4.66. The van der Waals surface area contributed by atoms with Crippen molar-refractivity contribution in [2.45, 2.75) is 6.54 Å². The van der Waals surface area contributed by atoms with Gasteiger partial charge in [-0.15, -0.1) is 0 Å². The van der Waals surface area contributed by atoms with Gasteiger partial charge in [0.25, 0.3) is 5.91 Å². The van der Waals surface area contributed by atoms with Crippen LogP contribution in [0, 0.1) is 0 Å². The summed E-state index contributed by atoms with van der Waals surface area (Å²) < 4.78 is 11.9. The Morgan fingerprint density at radius 2 is 1.62 bits per heavy atom. The lowest BCUT2D eigenvalue weighted by molar-refractivity contribution is -0.122. The lowest BCUT2D eigenvalue weighted by Crippen LogP contribution is -2.27. The third-order valence-corrected chi connectivity index (χ3v) is 6.34. The third kappa shape index (κ3) is 5.71. The van der Waals surface area contributed by atoms with E-state index in [0.717, 1.165) is 16.9 Å². The van der Waals surface area contributed by atoms with Crippen LogP contribution in [-0.4, -0.2) is 28.3 Å². The molecule has 1 saturated heterocycles. The van der Waals surface area contributed by atoms with Gasteiger partial charge in [-0.3, -0.25) is 9.69 Å². The molecule has 4 rings (SSSR count). The summed E-state index contributed by atoms with van der Waals surface area (Å²) in [6.45, 7) is 1.24. The molecule has 1 heterocycles. The number of rotatable bonds is 8. The summed E-state index contributed by atoms with van der Waals surface area (Å²) in [7, 11) is 0. The minimum Gasteiger partial charge on any atom is -0.490 e. The van der Waals surface area contributed by atoms with E-state index >= 15 is 0 Å². The molecule has 0 radical (unpaired) electrons. The second-order valence-corrected chi connectivity index (χ2v) is 9.04. The minimum atomic E-state index is -0.0987. The second kappa shape index (κ2) is 10.7. The molecular weight excluding hydrogens is 462 g/mol. The number of carbonyl (C=O) groups is 1. The van der Waals surface area contributed by atoms with Crippen molar-refractivity contribution in [2.24, 2.45) is 0 Å². The first kappa shape index (κ1) is 22.4. The molecule has 1 aliphatic rings. The van der Waals surface area contributed by atoms with E-state index in [-0.39, 0.29) is 5.91 Å². The number of hydrogen-bond donors (Lipinski definition) is 0. The highest BCUT2D eigenvalue weighted by molar-refractivity contribution is 8.26. The zero-order valence-electron chi connectivity index (χ0n) is 17.1. The molecule has 7 heteroatoms. The molecule has 1 aliphatic heterocycles. The Kier molecular flexibility index (Phi) is 7.47. The first-order valence-corrected chi connectivity index (χ1v) is 11.6. The summed E-state index contributed by atoms with van der Waals surface area (Å²) >= 11 is 13.1. The first-order valence-electron chi connectivity index (χ1n) is 9.99. The molecule has 1 fully saturated rings. The largest absolute Gasteiger partial charge is 0.490 e. The Morgan fingerprint density at radius 3 is 2.34 bits per heavy atom. The van der Waals surface area contributed by atoms with Crippen LogP contribution in [0.2, 0.25) is 5.02 Å². The number of para-hydroxylation sites is 1. The van der Waals surface area contributed by atoms with E-state index in [2.05, 4.69) is 0 Å². The van der Waals surface area contributed by atoms with Crippen molar-refractivity contribution in [3.8, 4) is 11.5 Å². The van der Waals surface area contributed by atoms with E-state index in [1.165, 1.54) is 11.8 Å². The number of thioether (sulfide) groups is 1. The molecule has 0 aliphatic carbocycles. The van der Waals surface area contributed by atoms with Crippen LogP contribution in [0.25, 0.3) is 6.08 Å². The van der Waals surface area contributed by atoms with Gasteiger partial charge in [-0.2, -0.15) is 0 Å². The van der Waals surface area contributed by atoms with Crippen molar-refractivity contribution in [1.29, 1.82) is 0 Å². The van der Waals surface area contributed by atoms with Gasteiger partial charge < -0.3 is 9.47 Å². The highest BCUT2D eigenvalue weighted by atomic mass is 35.5. The van der Waals surface area contributed by atoms with Gasteiger partial charge in [0.2, 0.25) is 0 Å². The summed E-state index contributed by atoms with van der Waals surface area (Å²) in [4.78, 5) is 15.0. The lowest BCUT2D eigenvalue weighted by atomic mass is 10.2. The van der Waals surface area contributed by atoms with E-state index in [4.69, 9.17) is 33.3 Å². The van der Waals surface area contributed by atoms with Crippen molar-refractivity contribution in [1.82, 2.24) is 4.90 Å². The number of nitrogens with zero attached hydrogens (tertiary/aromatic N) is 1. The van der Waals surface area contributed by atoms with Crippen LogP contribution in [0.4, 0.5) is 0 Å². The second-order valence-electron chi connectivity index (χ2n) is 6.95. The van der Waals surface area contributed by atoms with Gasteiger partial charge in [-0.05, 0) is 41.5 Å². The van der Waals surface area contributed by atoms with Gasteiger partial charge in [0.05, 0.1) is 16.5 Å². The molecule has 3 aromatic carbocycles. The van der Waals surface area contributed by atoms with Crippen LogP contribution in [0.15, 0.2) is 83.8 Å². The van der Waals surface area contributed by atoms with Crippen LogP contribution >= 0.6 is 35.6 Å². The molecule has 0 aromatic heterocycles. The quantitative estimate of drug-likeness (QED) is 0.217. The van der Waals surface area contributed by atoms with E-state index in [1.807, 2.05) is 66.7 Å². The van der Waals surface area contributed by atoms with E-state index in [1.54, 1.807) is 23.1 Å². The fraction of sp³-hybridized carbons (Fsp3) is 0.120. The lowest BCUT2D eigenvalue weighted by Gasteiger charge is -2.14. The zero-order valence-corrected chi connectivity index (χ0v) is 19.5. The molecular formula is C25H20ClNO3S2. The molecule has 0 saturated carbocycles. The maximum atomic E-state index is 12.8. The number of halogens is 1. The first-order chi connectivity index (χ1) is 15.6. The average Bonchev–Trinajstić information content (AvgIpc) is 3.06. The van der Waals surface area contributed by atoms with Gasteiger partial charge in [-0.25, -0.2) is 0 Å². The Morgan fingerprint density at radius 1 is 0.938 bits per heavy atom. The highest BCUT2D eigenvalue weighted by Crippen LogP contribution is 2.35. The molecule has 4 nitrogen and oxygen atoms in total. The maximum absolute atomic E-state index is 12.8. The van der Waals surface area contributed by atoms with Crippen LogP contribution in [0.3, 0.4) is 0 Å². The molecule has 0 atom stereocenters. The van der Waals surface area contributed by atoms with Gasteiger partial charge in [0, 0.05) is 0 Å². The summed E-state index contributed by atoms with van der Waals surface area (Å²) in [5.74, 6) is 1.26. The zero-order chi connectivity index (χ0) is 22.3. The molecule has 1 amide bonds. The number of amides is 1. The van der Waals surface area contributed by atoms with Crippen LogP contribution < -0.4 is 9.47 Å². The summed E-state index contributed by atoms with van der Waals surface area (Å²) in [5.41, 5.74) is 1.84. The predicted octanol–water partition coefficient (Wildman–Crippen LogP) is 6.20. The maximum Gasteiger partial charge on any atom is 0.266 e. The fourth-order valence-electron chi connectivity index (χ4n) is 3.11. The summed E-state index contributed by atoms with van der Waals surface area (Å²) in [6, 6.07) is 24.8. The molecule has 3 aromatic rings. The number of carbonyl (C=O) groups excluding carboxylic acids is 1. The predicted molar refractivity (Wildman–Crippen MR) is 134 cm³/mol. The SMILES string of the molecule is O=C1/C(=C/c2ccc(OCCOc3ccccc3)c(Cl)c2)SC(=S)N1Cc1ccccc1. The topological polar surface area (TPSA) is 38.8 Å². The molecule has 162 valence electrons. The van der Waals surface area contributed by atoms with Crippen molar-refractivity contribution < 1.29 is 14.3 Å². The number of benzene rings is 3. The summed E-state index contributed by atoms with van der Waals surface area (Å²) in [5, 5.41) is 0.471. The van der Waals surface area contributed by atoms with Gasteiger partial charge in [-0.1, -0.05) is 90.2 Å². The molecule has 0 spiro atoms. The van der Waals surface area contributed by atoms with Gasteiger partial charge in [0.15, 0.2) is 0 Å². The van der Waals surface area contributed by atoms with Gasteiger partial charge in [0.1, 0.15) is 29.0 Å². The molecule has 0 unspecified atom stereocenters. The van der Waals surface area contributed by atoms with Crippen molar-refractivity contribution >= 4 is 51.9 Å². The van der Waals surface area contributed by atoms with Crippen LogP contribution in [0.5, 0.6) is 11.5 Å². The molecule has 0 bridgehead atoms. The number of hydrogen-bond acceptors (Lipinski definition) is 5. The Balaban J connectivity index is 1.36. The Hall–Kier alpha value is -2.80. The van der Waals surface area contributed by atoms with Crippen molar-refractivity contribution in [2.75, 3.05) is 13.2 Å². The standard InChI is InChI=1S/C25H20ClNO3S2/c26-21-15-19(11-12-22(21)30-14-13-29-20-9-5-2-6-10-20)16-23-24(28)27(25(31)32-23)17-18-7-3-1-4-8-18/h1-12,15-16H,13-14,17H2/b23-16-. The van der Waals surface area contributed by atoms with E-state index in [9.17, 15) is 4.79 Å². The monoisotopic (exact) mass is 481 g/mol. The van der Waals surface area contributed by atoms with E-state index in [0.29, 0.717) is 39.8 Å². The van der Waals surface area contributed by atoms with Crippen LogP contribution in [0.1, 0.15) is 11.1 Å². The van der Waals surface area contributed by atoms with Crippen molar-refractivity contribution in [3.63, 3.8) is 0 Å². The Labute approximate surface area is 201 Å². The van der Waals surface area contributed by atoms with Crippen LogP contribution in [-0.2, 0) is 11.3 Å². The van der Waals surface area contributed by atoms with Crippen molar-refractivity contribution in [3.05, 3.63) is 99.9 Å². The Bertz CT molecular complexity index is 1140.